The first-order valence-corrected chi connectivity index (χ1v) is 10.1. The predicted molar refractivity (Wildman–Crippen MR) is 113 cm³/mol. The Labute approximate surface area is 171 Å². The molecule has 0 fully saturated rings. The fourth-order valence-corrected chi connectivity index (χ4v) is 3.45. The first kappa shape index (κ1) is 23.1. The Kier molecular flexibility index (Phi) is 7.64. The minimum absolute atomic E-state index is 0.0801. The molecule has 1 aromatic carbocycles. The molecule has 0 aliphatic rings. The van der Waals surface area contributed by atoms with Crippen LogP contribution in [0, 0.1) is 0 Å². The quantitative estimate of drug-likeness (QED) is 0.523. The number of aliphatic hydroxyl groups excluding tert-OH is 1. The minimum atomic E-state index is -4.38. The predicted octanol–water partition coefficient (Wildman–Crippen LogP) is 7.32. The van der Waals surface area contributed by atoms with Crippen molar-refractivity contribution < 1.29 is 18.3 Å². The average Bonchev–Trinajstić information content (AvgIpc) is 2.66. The molecule has 0 aliphatic heterocycles. The van der Waals surface area contributed by atoms with E-state index in [-0.39, 0.29) is 18.4 Å². The molecule has 0 atom stereocenters. The highest BCUT2D eigenvalue weighted by atomic mass is 19.4. The third kappa shape index (κ3) is 5.27. The van der Waals surface area contributed by atoms with Gasteiger partial charge in [0.15, 0.2) is 0 Å². The number of benzene rings is 1. The summed E-state index contributed by atoms with van der Waals surface area (Å²) in [6, 6.07) is 5.17. The number of alkyl halides is 3. The van der Waals surface area contributed by atoms with Gasteiger partial charge in [-0.3, -0.25) is 4.98 Å². The first-order chi connectivity index (χ1) is 13.6. The second kappa shape index (κ2) is 9.57. The van der Waals surface area contributed by atoms with Gasteiger partial charge in [0.2, 0.25) is 0 Å². The molecule has 158 valence electrons. The Bertz CT molecular complexity index is 850. The van der Waals surface area contributed by atoms with Crippen molar-refractivity contribution in [3.8, 4) is 11.1 Å². The number of halogens is 3. The zero-order valence-corrected chi connectivity index (χ0v) is 17.8. The Hall–Kier alpha value is -2.14. The topological polar surface area (TPSA) is 33.1 Å². The van der Waals surface area contributed by atoms with E-state index in [1.807, 2.05) is 19.9 Å². The summed E-state index contributed by atoms with van der Waals surface area (Å²) in [5, 5.41) is 10.2. The number of pyridine rings is 1. The van der Waals surface area contributed by atoms with E-state index in [9.17, 15) is 18.3 Å². The number of allylic oxidation sites excluding steroid dienone is 1. The van der Waals surface area contributed by atoms with Crippen molar-refractivity contribution in [3.63, 3.8) is 0 Å². The Balaban J connectivity index is 2.84. The molecule has 29 heavy (non-hydrogen) atoms. The highest BCUT2D eigenvalue weighted by molar-refractivity contribution is 5.80. The van der Waals surface area contributed by atoms with Gasteiger partial charge in [-0.1, -0.05) is 65.3 Å². The normalized spacial score (nSPS) is 12.5. The first-order valence-electron chi connectivity index (χ1n) is 10.1. The van der Waals surface area contributed by atoms with E-state index in [4.69, 9.17) is 4.98 Å². The van der Waals surface area contributed by atoms with E-state index in [2.05, 4.69) is 26.8 Å². The largest absolute Gasteiger partial charge is 0.416 e. The van der Waals surface area contributed by atoms with E-state index in [0.717, 1.165) is 47.5 Å². The molecule has 0 spiro atoms. The van der Waals surface area contributed by atoms with Crippen molar-refractivity contribution in [1.29, 1.82) is 0 Å². The second-order valence-electron chi connectivity index (χ2n) is 7.88. The van der Waals surface area contributed by atoms with E-state index >= 15 is 0 Å². The van der Waals surface area contributed by atoms with Gasteiger partial charge in [-0.2, -0.15) is 13.2 Å². The lowest BCUT2D eigenvalue weighted by Gasteiger charge is -2.23. The molecule has 0 amide bonds. The van der Waals surface area contributed by atoms with Gasteiger partial charge < -0.3 is 5.11 Å². The van der Waals surface area contributed by atoms with Gasteiger partial charge in [0, 0.05) is 16.8 Å². The zero-order chi connectivity index (χ0) is 21.8. The maximum absolute atomic E-state index is 13.0. The number of hydrogen-bond donors (Lipinski definition) is 1. The molecule has 2 nitrogen and oxygen atoms in total. The number of aliphatic hydroxyl groups is 1. The van der Waals surface area contributed by atoms with E-state index in [1.165, 1.54) is 12.1 Å². The van der Waals surface area contributed by atoms with Crippen LogP contribution in [0.1, 0.15) is 87.4 Å². The van der Waals surface area contributed by atoms with Crippen molar-refractivity contribution in [1.82, 2.24) is 4.98 Å². The number of rotatable bonds is 7. The number of aromatic nitrogens is 1. The molecule has 0 bridgehead atoms. The summed E-state index contributed by atoms with van der Waals surface area (Å²) in [6.45, 7) is 9.99. The lowest BCUT2D eigenvalue weighted by Crippen LogP contribution is -2.11. The van der Waals surface area contributed by atoms with Crippen molar-refractivity contribution in [2.24, 2.45) is 0 Å². The SMILES string of the molecule is CCC/C=C/c1c(C(C)C)nc(C(C)C)c(CO)c1-c1ccc(C(F)(F)F)cc1. The van der Waals surface area contributed by atoms with Gasteiger partial charge in [0.1, 0.15) is 0 Å². The molecule has 2 aromatic rings. The second-order valence-corrected chi connectivity index (χ2v) is 7.88. The number of nitrogens with zero attached hydrogens (tertiary/aromatic N) is 1. The summed E-state index contributed by atoms with van der Waals surface area (Å²) in [5.41, 5.74) is 3.99. The molecule has 0 radical (unpaired) electrons. The molecule has 0 saturated heterocycles. The fourth-order valence-electron chi connectivity index (χ4n) is 3.45. The Morgan fingerprint density at radius 2 is 1.59 bits per heavy atom. The maximum atomic E-state index is 13.0. The van der Waals surface area contributed by atoms with E-state index in [1.54, 1.807) is 0 Å². The van der Waals surface area contributed by atoms with E-state index in [0.29, 0.717) is 11.1 Å². The Morgan fingerprint density at radius 3 is 2.03 bits per heavy atom. The van der Waals surface area contributed by atoms with Gasteiger partial charge in [-0.05, 0) is 41.5 Å². The molecule has 0 saturated carbocycles. The highest BCUT2D eigenvalue weighted by Gasteiger charge is 2.30. The fraction of sp³-hybridized carbons (Fsp3) is 0.458. The van der Waals surface area contributed by atoms with Crippen LogP contribution in [0.2, 0.25) is 0 Å². The van der Waals surface area contributed by atoms with Crippen LogP contribution < -0.4 is 0 Å². The summed E-state index contributed by atoms with van der Waals surface area (Å²) >= 11 is 0. The average molecular weight is 406 g/mol. The van der Waals surface area contributed by atoms with Crippen LogP contribution in [0.5, 0.6) is 0 Å². The van der Waals surface area contributed by atoms with Crippen LogP contribution >= 0.6 is 0 Å². The van der Waals surface area contributed by atoms with Crippen molar-refractivity contribution in [2.45, 2.75) is 72.1 Å². The number of unbranched alkanes of at least 4 members (excludes halogenated alkanes) is 1. The van der Waals surface area contributed by atoms with Gasteiger partial charge in [-0.25, -0.2) is 0 Å². The van der Waals surface area contributed by atoms with Gasteiger partial charge in [0.05, 0.1) is 17.9 Å². The van der Waals surface area contributed by atoms with Crippen LogP contribution in [0.4, 0.5) is 13.2 Å². The van der Waals surface area contributed by atoms with Crippen molar-refractivity contribution in [3.05, 3.63) is 58.4 Å². The molecule has 0 aliphatic carbocycles. The van der Waals surface area contributed by atoms with Gasteiger partial charge >= 0.3 is 6.18 Å². The standard InChI is InChI=1S/C24H30F3NO/c1-6-7-8-9-19-21(17-10-12-18(13-11-17)24(25,26)27)20(14-29)23(16(4)5)28-22(19)15(2)3/h8-13,15-16,29H,6-7,14H2,1-5H3/b9-8+. The molecular weight excluding hydrogens is 375 g/mol. The lowest BCUT2D eigenvalue weighted by molar-refractivity contribution is -0.137. The Morgan fingerprint density at radius 1 is 1.00 bits per heavy atom. The van der Waals surface area contributed by atoms with E-state index < -0.39 is 11.7 Å². The zero-order valence-electron chi connectivity index (χ0n) is 17.8. The summed E-state index contributed by atoms with van der Waals surface area (Å²) < 4.78 is 39.1. The minimum Gasteiger partial charge on any atom is -0.392 e. The molecule has 2 rings (SSSR count). The molecule has 5 heteroatoms. The summed E-state index contributed by atoms with van der Waals surface area (Å²) in [6.07, 6.45) is 1.57. The van der Waals surface area contributed by atoms with Gasteiger partial charge in [-0.15, -0.1) is 0 Å². The number of hydrogen-bond acceptors (Lipinski definition) is 2. The smallest absolute Gasteiger partial charge is 0.392 e. The summed E-state index contributed by atoms with van der Waals surface area (Å²) in [5.74, 6) is 0.214. The van der Waals surface area contributed by atoms with Crippen LogP contribution in [0.3, 0.4) is 0 Å². The molecule has 1 N–H and O–H groups in total. The monoisotopic (exact) mass is 405 g/mol. The molecule has 1 aromatic heterocycles. The highest BCUT2D eigenvalue weighted by Crippen LogP contribution is 2.38. The van der Waals surface area contributed by atoms with Crippen LogP contribution in [0.25, 0.3) is 17.2 Å². The summed E-state index contributed by atoms with van der Waals surface area (Å²) in [7, 11) is 0. The third-order valence-corrected chi connectivity index (χ3v) is 4.89. The molecular formula is C24H30F3NO. The third-order valence-electron chi connectivity index (χ3n) is 4.89. The maximum Gasteiger partial charge on any atom is 0.416 e. The summed E-state index contributed by atoms with van der Waals surface area (Å²) in [4.78, 5) is 4.87. The lowest BCUT2D eigenvalue weighted by atomic mass is 9.87. The van der Waals surface area contributed by atoms with Gasteiger partial charge in [0.25, 0.3) is 0 Å². The molecule has 0 unspecified atom stereocenters. The van der Waals surface area contributed by atoms with Crippen molar-refractivity contribution in [2.75, 3.05) is 0 Å². The van der Waals surface area contributed by atoms with Crippen LogP contribution in [0.15, 0.2) is 30.3 Å². The van der Waals surface area contributed by atoms with Crippen LogP contribution in [-0.2, 0) is 12.8 Å². The molecule has 1 heterocycles. The van der Waals surface area contributed by atoms with Crippen molar-refractivity contribution >= 4 is 6.08 Å². The van der Waals surface area contributed by atoms with Crippen LogP contribution in [-0.4, -0.2) is 10.1 Å².